The van der Waals surface area contributed by atoms with Gasteiger partial charge in [-0.2, -0.15) is 0 Å². The minimum atomic E-state index is -0.415. The number of aromatic nitrogens is 1. The highest BCUT2D eigenvalue weighted by molar-refractivity contribution is 5.75. The van der Waals surface area contributed by atoms with Gasteiger partial charge in [-0.05, 0) is 17.7 Å². The summed E-state index contributed by atoms with van der Waals surface area (Å²) in [5, 5.41) is 0. The lowest BCUT2D eigenvalue weighted by atomic mass is 10.1. The van der Waals surface area contributed by atoms with Crippen LogP contribution < -0.4 is 11.4 Å². The van der Waals surface area contributed by atoms with E-state index in [2.05, 4.69) is 4.98 Å². The van der Waals surface area contributed by atoms with Gasteiger partial charge in [0.25, 0.3) is 0 Å². The van der Waals surface area contributed by atoms with Crippen LogP contribution in [-0.4, -0.2) is 4.98 Å². The zero-order valence-corrected chi connectivity index (χ0v) is 10.2. The first-order chi connectivity index (χ1) is 9.22. The molecule has 3 aromatic rings. The van der Waals surface area contributed by atoms with E-state index in [9.17, 15) is 4.79 Å². The average molecular weight is 252 g/mol. The van der Waals surface area contributed by atoms with Crippen LogP contribution >= 0.6 is 0 Å². The number of anilines is 1. The van der Waals surface area contributed by atoms with Crippen molar-refractivity contribution in [2.45, 2.75) is 6.42 Å². The summed E-state index contributed by atoms with van der Waals surface area (Å²) in [5.41, 5.74) is 8.27. The van der Waals surface area contributed by atoms with Crippen LogP contribution in [0.2, 0.25) is 0 Å². The molecule has 1 heterocycles. The molecular formula is C15H12N2O2. The zero-order valence-electron chi connectivity index (χ0n) is 10.2. The molecule has 0 spiro atoms. The highest BCUT2D eigenvalue weighted by Gasteiger charge is 2.08. The summed E-state index contributed by atoms with van der Waals surface area (Å²) in [6, 6.07) is 14.8. The lowest BCUT2D eigenvalue weighted by Gasteiger charge is -2.02. The fourth-order valence-corrected chi connectivity index (χ4v) is 1.96. The molecule has 0 radical (unpaired) electrons. The van der Waals surface area contributed by atoms with Gasteiger partial charge in [0, 0.05) is 18.2 Å². The largest absolute Gasteiger partial charge is 0.420 e. The van der Waals surface area contributed by atoms with E-state index >= 15 is 0 Å². The Labute approximate surface area is 109 Å². The number of rotatable bonds is 2. The molecule has 0 unspecified atom stereocenters. The molecule has 0 bridgehead atoms. The highest BCUT2D eigenvalue weighted by atomic mass is 16.4. The van der Waals surface area contributed by atoms with Gasteiger partial charge >= 0.3 is 5.63 Å². The van der Waals surface area contributed by atoms with Crippen LogP contribution in [0, 0.1) is 0 Å². The van der Waals surface area contributed by atoms with Crippen molar-refractivity contribution < 1.29 is 4.42 Å². The van der Waals surface area contributed by atoms with E-state index in [-0.39, 0.29) is 0 Å². The predicted molar refractivity (Wildman–Crippen MR) is 73.9 cm³/mol. The normalized spacial score (nSPS) is 10.7. The van der Waals surface area contributed by atoms with Gasteiger partial charge in [-0.3, -0.25) is 0 Å². The molecule has 94 valence electrons. The number of hydrogen-bond donors (Lipinski definition) is 1. The third kappa shape index (κ3) is 2.33. The Morgan fingerprint density at radius 3 is 2.68 bits per heavy atom. The summed E-state index contributed by atoms with van der Waals surface area (Å²) in [5.74, 6) is 0. The van der Waals surface area contributed by atoms with E-state index in [1.54, 1.807) is 18.2 Å². The second-order valence-electron chi connectivity index (χ2n) is 4.34. The minimum absolute atomic E-state index is 0.406. The summed E-state index contributed by atoms with van der Waals surface area (Å²) in [4.78, 5) is 16.2. The zero-order chi connectivity index (χ0) is 13.2. The van der Waals surface area contributed by atoms with E-state index in [0.717, 1.165) is 5.56 Å². The van der Waals surface area contributed by atoms with Gasteiger partial charge in [0.2, 0.25) is 0 Å². The SMILES string of the molecule is Nc1ccc2nc(Cc3ccccc3)c(=O)oc2c1. The quantitative estimate of drug-likeness (QED) is 0.711. The summed E-state index contributed by atoms with van der Waals surface area (Å²) >= 11 is 0. The van der Waals surface area contributed by atoms with Gasteiger partial charge < -0.3 is 10.2 Å². The molecule has 1 aromatic heterocycles. The molecule has 4 nitrogen and oxygen atoms in total. The minimum Gasteiger partial charge on any atom is -0.420 e. The molecule has 19 heavy (non-hydrogen) atoms. The molecule has 0 aliphatic heterocycles. The van der Waals surface area contributed by atoms with Gasteiger partial charge in [0.1, 0.15) is 11.2 Å². The fourth-order valence-electron chi connectivity index (χ4n) is 1.96. The van der Waals surface area contributed by atoms with Gasteiger partial charge in [0.05, 0.1) is 0 Å². The third-order valence-electron chi connectivity index (χ3n) is 2.89. The molecule has 3 rings (SSSR count). The predicted octanol–water partition coefficient (Wildman–Crippen LogP) is 2.36. The molecule has 0 aliphatic rings. The lowest BCUT2D eigenvalue weighted by Crippen LogP contribution is -2.11. The topological polar surface area (TPSA) is 69.1 Å². The maximum absolute atomic E-state index is 11.9. The third-order valence-corrected chi connectivity index (χ3v) is 2.89. The molecule has 4 heteroatoms. The Balaban J connectivity index is 2.07. The molecule has 0 atom stereocenters. The van der Waals surface area contributed by atoms with Crippen LogP contribution in [0.3, 0.4) is 0 Å². The number of fused-ring (bicyclic) bond motifs is 1. The van der Waals surface area contributed by atoms with Gasteiger partial charge in [0.15, 0.2) is 5.58 Å². The molecular weight excluding hydrogens is 240 g/mol. The summed E-state index contributed by atoms with van der Waals surface area (Å²) in [6.07, 6.45) is 0.462. The first-order valence-corrected chi connectivity index (χ1v) is 5.95. The number of hydrogen-bond acceptors (Lipinski definition) is 4. The molecule has 0 aliphatic carbocycles. The smallest absolute Gasteiger partial charge is 0.358 e. The molecule has 0 amide bonds. The number of nitrogen functional groups attached to an aromatic ring is 1. The second-order valence-corrected chi connectivity index (χ2v) is 4.34. The molecule has 0 saturated heterocycles. The lowest BCUT2D eigenvalue weighted by molar-refractivity contribution is 0.544. The van der Waals surface area contributed by atoms with Crippen LogP contribution in [-0.2, 0) is 6.42 Å². The van der Waals surface area contributed by atoms with Gasteiger partial charge in [-0.15, -0.1) is 0 Å². The number of benzene rings is 2. The van der Waals surface area contributed by atoms with E-state index < -0.39 is 5.63 Å². The second kappa shape index (κ2) is 4.57. The summed E-state index contributed by atoms with van der Waals surface area (Å²) in [6.45, 7) is 0. The number of nitrogens with zero attached hydrogens (tertiary/aromatic N) is 1. The Morgan fingerprint density at radius 2 is 1.89 bits per heavy atom. The maximum Gasteiger partial charge on any atom is 0.358 e. The Bertz CT molecular complexity index is 779. The van der Waals surface area contributed by atoms with Crippen LogP contribution in [0.4, 0.5) is 5.69 Å². The average Bonchev–Trinajstić information content (AvgIpc) is 2.41. The van der Waals surface area contributed by atoms with Crippen LogP contribution in [0.5, 0.6) is 0 Å². The van der Waals surface area contributed by atoms with Crippen LogP contribution in [0.25, 0.3) is 11.1 Å². The first-order valence-electron chi connectivity index (χ1n) is 5.95. The highest BCUT2D eigenvalue weighted by Crippen LogP contribution is 2.15. The summed E-state index contributed by atoms with van der Waals surface area (Å²) in [7, 11) is 0. The summed E-state index contributed by atoms with van der Waals surface area (Å²) < 4.78 is 5.25. The maximum atomic E-state index is 11.9. The fraction of sp³-hybridized carbons (Fsp3) is 0.0667. The molecule has 0 saturated carbocycles. The Hall–Kier alpha value is -2.62. The van der Waals surface area contributed by atoms with Crippen molar-refractivity contribution in [2.75, 3.05) is 5.73 Å². The van der Waals surface area contributed by atoms with Gasteiger partial charge in [-0.1, -0.05) is 30.3 Å². The molecule has 2 N–H and O–H groups in total. The van der Waals surface area contributed by atoms with E-state index in [4.69, 9.17) is 10.2 Å². The Morgan fingerprint density at radius 1 is 1.11 bits per heavy atom. The van der Waals surface area contributed by atoms with Gasteiger partial charge in [-0.25, -0.2) is 9.78 Å². The van der Waals surface area contributed by atoms with Crippen molar-refractivity contribution >= 4 is 16.8 Å². The van der Waals surface area contributed by atoms with Crippen molar-refractivity contribution in [3.8, 4) is 0 Å². The van der Waals surface area contributed by atoms with Crippen molar-refractivity contribution in [3.63, 3.8) is 0 Å². The van der Waals surface area contributed by atoms with Crippen LogP contribution in [0.1, 0.15) is 11.3 Å². The Kier molecular flexibility index (Phi) is 2.76. The standard InChI is InChI=1S/C15H12N2O2/c16-11-6-7-12-14(9-11)19-15(18)13(17-12)8-10-4-2-1-3-5-10/h1-7,9H,8,16H2. The monoisotopic (exact) mass is 252 g/mol. The molecule has 0 fully saturated rings. The van der Waals surface area contributed by atoms with Crippen molar-refractivity contribution in [1.29, 1.82) is 0 Å². The number of nitrogens with two attached hydrogens (primary N) is 1. The van der Waals surface area contributed by atoms with E-state index in [1.807, 2.05) is 30.3 Å². The van der Waals surface area contributed by atoms with Crippen LogP contribution in [0.15, 0.2) is 57.7 Å². The van der Waals surface area contributed by atoms with Crippen molar-refractivity contribution in [3.05, 3.63) is 70.2 Å². The van der Waals surface area contributed by atoms with E-state index in [1.165, 1.54) is 0 Å². The first kappa shape index (κ1) is 11.5. The van der Waals surface area contributed by atoms with E-state index in [0.29, 0.717) is 28.9 Å². The van der Waals surface area contributed by atoms with Crippen molar-refractivity contribution in [2.24, 2.45) is 0 Å². The van der Waals surface area contributed by atoms with Crippen molar-refractivity contribution in [1.82, 2.24) is 4.98 Å². The molecule has 2 aromatic carbocycles.